The van der Waals surface area contributed by atoms with Crippen LogP contribution in [0.3, 0.4) is 0 Å². The lowest BCUT2D eigenvalue weighted by molar-refractivity contribution is -0.129. The largest absolute Gasteiger partial charge is 0.378 e. The molecule has 0 aromatic carbocycles. The van der Waals surface area contributed by atoms with Crippen molar-refractivity contribution in [3.63, 3.8) is 0 Å². The minimum absolute atomic E-state index is 0.0942. The maximum Gasteiger partial charge on any atom is 0.227 e. The first-order valence-electron chi connectivity index (χ1n) is 9.27. The number of methoxy groups -OCH3 is 1. The molecule has 4 heterocycles. The van der Waals surface area contributed by atoms with Gasteiger partial charge in [-0.1, -0.05) is 6.92 Å². The third-order valence-corrected chi connectivity index (χ3v) is 5.76. The number of likely N-dealkylation sites (tertiary alicyclic amines) is 1. The van der Waals surface area contributed by atoms with Crippen molar-refractivity contribution in [2.45, 2.75) is 20.0 Å². The van der Waals surface area contributed by atoms with Crippen LogP contribution in [0, 0.1) is 11.3 Å². The van der Waals surface area contributed by atoms with E-state index in [0.29, 0.717) is 18.9 Å². The summed E-state index contributed by atoms with van der Waals surface area (Å²) in [5, 5.41) is 4.15. The van der Waals surface area contributed by atoms with Crippen LogP contribution in [0.2, 0.25) is 0 Å². The van der Waals surface area contributed by atoms with Crippen LogP contribution < -0.4 is 4.90 Å². The number of carbonyl (C=O) groups is 1. The summed E-state index contributed by atoms with van der Waals surface area (Å²) < 4.78 is 6.91. The molecular weight excluding hydrogens is 344 g/mol. The van der Waals surface area contributed by atoms with Crippen molar-refractivity contribution in [3.8, 4) is 0 Å². The van der Waals surface area contributed by atoms with E-state index in [-0.39, 0.29) is 11.3 Å². The molecule has 0 aliphatic carbocycles. The lowest BCUT2D eigenvalue weighted by Crippen LogP contribution is -2.36. The Morgan fingerprint density at radius 2 is 2.19 bits per heavy atom. The molecule has 2 aromatic heterocycles. The highest BCUT2D eigenvalue weighted by atomic mass is 16.5. The normalized spacial score (nSPS) is 24.5. The molecule has 8 nitrogen and oxygen atoms in total. The number of amides is 1. The number of hydrogen-bond acceptors (Lipinski definition) is 6. The van der Waals surface area contributed by atoms with Crippen molar-refractivity contribution >= 4 is 11.7 Å². The van der Waals surface area contributed by atoms with Gasteiger partial charge in [-0.3, -0.25) is 9.48 Å². The van der Waals surface area contributed by atoms with Gasteiger partial charge in [0.15, 0.2) is 0 Å². The smallest absolute Gasteiger partial charge is 0.227 e. The molecule has 4 rings (SSSR count). The molecule has 0 saturated carbocycles. The van der Waals surface area contributed by atoms with E-state index in [1.807, 2.05) is 24.2 Å². The quantitative estimate of drug-likeness (QED) is 0.778. The fraction of sp³-hybridized carbons (Fsp3) is 0.579. The van der Waals surface area contributed by atoms with Crippen LogP contribution in [0.1, 0.15) is 18.2 Å². The van der Waals surface area contributed by atoms with E-state index >= 15 is 0 Å². The molecule has 1 amide bonds. The van der Waals surface area contributed by atoms with Crippen LogP contribution in [0.15, 0.2) is 24.8 Å². The Morgan fingerprint density at radius 1 is 1.33 bits per heavy atom. The van der Waals surface area contributed by atoms with E-state index in [0.717, 1.165) is 43.3 Å². The number of fused-ring (bicyclic) bond motifs is 1. The Labute approximate surface area is 159 Å². The maximum atomic E-state index is 12.7. The lowest BCUT2D eigenvalue weighted by Gasteiger charge is -2.26. The Morgan fingerprint density at radius 3 is 2.89 bits per heavy atom. The van der Waals surface area contributed by atoms with Gasteiger partial charge in [0.05, 0.1) is 24.9 Å². The summed E-state index contributed by atoms with van der Waals surface area (Å²) in [5.41, 5.74) is 1.95. The van der Waals surface area contributed by atoms with Gasteiger partial charge >= 0.3 is 0 Å². The van der Waals surface area contributed by atoms with Crippen LogP contribution in [0.4, 0.5) is 5.82 Å². The zero-order valence-electron chi connectivity index (χ0n) is 16.1. The van der Waals surface area contributed by atoms with Crippen molar-refractivity contribution in [1.29, 1.82) is 0 Å². The number of anilines is 1. The topological polar surface area (TPSA) is 76.4 Å². The summed E-state index contributed by atoms with van der Waals surface area (Å²) in [5.74, 6) is 1.59. The zero-order valence-corrected chi connectivity index (χ0v) is 16.1. The van der Waals surface area contributed by atoms with E-state index < -0.39 is 0 Å². The van der Waals surface area contributed by atoms with Crippen LogP contribution in [0.5, 0.6) is 0 Å². The number of rotatable bonds is 5. The van der Waals surface area contributed by atoms with Crippen LogP contribution in [-0.2, 0) is 29.6 Å². The summed E-state index contributed by atoms with van der Waals surface area (Å²) in [6.45, 7) is 6.19. The number of carbonyl (C=O) groups excluding carboxylic acids is 1. The monoisotopic (exact) mass is 370 g/mol. The zero-order chi connectivity index (χ0) is 19.0. The van der Waals surface area contributed by atoms with Gasteiger partial charge in [-0.05, 0) is 5.56 Å². The summed E-state index contributed by atoms with van der Waals surface area (Å²) in [6, 6.07) is 2.00. The van der Waals surface area contributed by atoms with Crippen LogP contribution in [-0.4, -0.2) is 63.8 Å². The van der Waals surface area contributed by atoms with Gasteiger partial charge in [0, 0.05) is 63.9 Å². The highest BCUT2D eigenvalue weighted by Gasteiger charge is 2.50. The molecule has 144 valence electrons. The molecule has 0 spiro atoms. The second-order valence-corrected chi connectivity index (χ2v) is 8.01. The van der Waals surface area contributed by atoms with Gasteiger partial charge in [0.2, 0.25) is 5.91 Å². The predicted molar refractivity (Wildman–Crippen MR) is 100 cm³/mol. The van der Waals surface area contributed by atoms with Gasteiger partial charge in [-0.2, -0.15) is 5.10 Å². The van der Waals surface area contributed by atoms with Gasteiger partial charge < -0.3 is 14.5 Å². The average Bonchev–Trinajstić information content (AvgIpc) is 3.27. The lowest BCUT2D eigenvalue weighted by atomic mass is 9.83. The van der Waals surface area contributed by atoms with Gasteiger partial charge in [-0.25, -0.2) is 9.97 Å². The van der Waals surface area contributed by atoms with Gasteiger partial charge in [-0.15, -0.1) is 0 Å². The highest BCUT2D eigenvalue weighted by molar-refractivity contribution is 5.79. The first kappa shape index (κ1) is 17.9. The van der Waals surface area contributed by atoms with Crippen molar-refractivity contribution in [2.75, 3.05) is 38.2 Å². The molecule has 0 unspecified atom stereocenters. The van der Waals surface area contributed by atoms with Crippen LogP contribution >= 0.6 is 0 Å². The highest BCUT2D eigenvalue weighted by Crippen LogP contribution is 2.43. The number of nitrogens with zero attached hydrogens (tertiary/aromatic N) is 6. The average molecular weight is 370 g/mol. The van der Waals surface area contributed by atoms with Crippen molar-refractivity contribution in [1.82, 2.24) is 24.6 Å². The molecule has 8 heteroatoms. The molecular formula is C19H26N6O2. The summed E-state index contributed by atoms with van der Waals surface area (Å²) in [7, 11) is 3.54. The van der Waals surface area contributed by atoms with Gasteiger partial charge in [0.25, 0.3) is 0 Å². The van der Waals surface area contributed by atoms with Crippen molar-refractivity contribution in [3.05, 3.63) is 36.0 Å². The summed E-state index contributed by atoms with van der Waals surface area (Å²) in [6.07, 6.45) is 5.70. The fourth-order valence-electron chi connectivity index (χ4n) is 4.34. The number of hydrogen-bond donors (Lipinski definition) is 0. The second kappa shape index (κ2) is 6.92. The van der Waals surface area contributed by atoms with E-state index in [9.17, 15) is 4.79 Å². The molecule has 2 aliphatic heterocycles. The van der Waals surface area contributed by atoms with Crippen molar-refractivity contribution in [2.24, 2.45) is 18.4 Å². The molecule has 0 bridgehead atoms. The Bertz CT molecular complexity index is 837. The van der Waals surface area contributed by atoms with E-state index in [1.54, 1.807) is 24.3 Å². The third-order valence-electron chi connectivity index (χ3n) is 5.76. The third kappa shape index (κ3) is 3.53. The molecule has 2 fully saturated rings. The minimum atomic E-state index is 0.0942. The molecule has 27 heavy (non-hydrogen) atoms. The standard InChI is InChI=1S/C19H26N6O2/c1-19-11-24(17-5-16(10-27-3)20-13-21-17)8-15(19)9-25(12-19)18(26)4-14-6-22-23(2)7-14/h5-7,13,15H,4,8-12H2,1-3H3/t15-,19+/m1/s1. The van der Waals surface area contributed by atoms with E-state index in [4.69, 9.17) is 4.74 Å². The Hall–Kier alpha value is -2.48. The maximum absolute atomic E-state index is 12.7. The SMILES string of the molecule is COCc1cc(N2C[C@@H]3CN(C(=O)Cc4cnn(C)c4)C[C@]3(C)C2)ncn1. The van der Waals surface area contributed by atoms with E-state index in [1.165, 1.54) is 0 Å². The fourth-order valence-corrected chi connectivity index (χ4v) is 4.34. The minimum Gasteiger partial charge on any atom is -0.378 e. The first-order valence-corrected chi connectivity index (χ1v) is 9.27. The van der Waals surface area contributed by atoms with Crippen molar-refractivity contribution < 1.29 is 9.53 Å². The Balaban J connectivity index is 1.40. The van der Waals surface area contributed by atoms with E-state index in [2.05, 4.69) is 26.9 Å². The molecule has 2 saturated heterocycles. The molecule has 2 aliphatic rings. The van der Waals surface area contributed by atoms with Crippen LogP contribution in [0.25, 0.3) is 0 Å². The number of aryl methyl sites for hydroxylation is 1. The van der Waals surface area contributed by atoms with Gasteiger partial charge in [0.1, 0.15) is 12.1 Å². The Kier molecular flexibility index (Phi) is 4.59. The molecule has 0 radical (unpaired) electrons. The molecule has 0 N–H and O–H groups in total. The predicted octanol–water partition coefficient (Wildman–Crippen LogP) is 0.884. The molecule has 2 aromatic rings. The number of aromatic nitrogens is 4. The first-order chi connectivity index (χ1) is 13.0. The second-order valence-electron chi connectivity index (χ2n) is 8.01. The summed E-state index contributed by atoms with van der Waals surface area (Å²) >= 11 is 0. The number of ether oxygens (including phenoxy) is 1. The molecule has 2 atom stereocenters. The summed E-state index contributed by atoms with van der Waals surface area (Å²) in [4.78, 5) is 25.7.